The fraction of sp³-hybridized carbons (Fsp3) is 0.552. The molecular formula is C29H46FN5O. The first kappa shape index (κ1) is 31.2. The number of carbonyl (C=O) groups excluding carboxylic acids is 1. The first-order chi connectivity index (χ1) is 17.2. The van der Waals surface area contributed by atoms with Gasteiger partial charge in [0.2, 0.25) is 0 Å². The Hall–Kier alpha value is -2.80. The van der Waals surface area contributed by atoms with E-state index in [9.17, 15) is 9.18 Å². The lowest BCUT2D eigenvalue weighted by atomic mass is 10.1. The van der Waals surface area contributed by atoms with Gasteiger partial charge in [0, 0.05) is 55.9 Å². The number of hydrogen-bond acceptors (Lipinski definition) is 6. The highest BCUT2D eigenvalue weighted by Gasteiger charge is 2.15. The van der Waals surface area contributed by atoms with Gasteiger partial charge in [0.1, 0.15) is 11.6 Å². The van der Waals surface area contributed by atoms with Crippen LogP contribution in [0.5, 0.6) is 0 Å². The van der Waals surface area contributed by atoms with Crippen LogP contribution in [0, 0.1) is 12.7 Å². The molecule has 3 N–H and O–H groups in total. The van der Waals surface area contributed by atoms with Crippen molar-refractivity contribution in [1.29, 1.82) is 0 Å². The molecule has 2 aromatic heterocycles. The average Bonchev–Trinajstić information content (AvgIpc) is 2.84. The standard InChI is InChI=1S/C13H21N3.C11H15FN2.C5H10O/c1-3-4-12-11(2)15-6-5-13(12)16-9-7-14-8-10-16;1-3-4-9-6-10(5-8(2)13)14-7-11(9)12;1-3-4-5(2)6/h5-6,14H,3-4,7-10H2,1-2H3;5-7H,3-4,13H2,1-2H3;3-4H2,1-2H3/b;8-5-;. The largest absolute Gasteiger partial charge is 0.402 e. The summed E-state index contributed by atoms with van der Waals surface area (Å²) in [6.45, 7) is 16.2. The molecule has 0 aliphatic carbocycles. The van der Waals surface area contributed by atoms with E-state index in [1.807, 2.05) is 20.0 Å². The fourth-order valence-electron chi connectivity index (χ4n) is 3.97. The SMILES string of the molecule is CCCC(C)=O.CCCc1c(N2CCNCC2)ccnc1C.CCCc1cc(/C=C(/C)N)ncc1F. The number of halogens is 1. The summed E-state index contributed by atoms with van der Waals surface area (Å²) in [6, 6.07) is 3.92. The normalized spacial score (nSPS) is 13.3. The fourth-order valence-corrected chi connectivity index (χ4v) is 3.97. The van der Waals surface area contributed by atoms with Crippen molar-refractivity contribution in [1.82, 2.24) is 15.3 Å². The molecule has 6 nitrogen and oxygen atoms in total. The van der Waals surface area contributed by atoms with Gasteiger partial charge in [-0.15, -0.1) is 0 Å². The molecule has 1 fully saturated rings. The second-order valence-corrected chi connectivity index (χ2v) is 9.17. The molecule has 0 spiro atoms. The van der Waals surface area contributed by atoms with E-state index >= 15 is 0 Å². The van der Waals surface area contributed by atoms with E-state index in [1.54, 1.807) is 26.0 Å². The minimum Gasteiger partial charge on any atom is -0.402 e. The van der Waals surface area contributed by atoms with Crippen LogP contribution in [0.4, 0.5) is 10.1 Å². The number of carbonyl (C=O) groups is 1. The van der Waals surface area contributed by atoms with Gasteiger partial charge in [0.05, 0.1) is 11.9 Å². The molecule has 3 heterocycles. The third-order valence-electron chi connectivity index (χ3n) is 5.66. The van der Waals surface area contributed by atoms with Crippen LogP contribution in [0.3, 0.4) is 0 Å². The molecule has 0 atom stereocenters. The molecule has 1 aliphatic heterocycles. The number of hydrogen-bond donors (Lipinski definition) is 2. The maximum Gasteiger partial charge on any atom is 0.144 e. The predicted molar refractivity (Wildman–Crippen MR) is 150 cm³/mol. The number of piperazine rings is 1. The molecule has 2 aromatic rings. The van der Waals surface area contributed by atoms with Crippen molar-refractivity contribution in [3.05, 3.63) is 58.6 Å². The second kappa shape index (κ2) is 17.6. The number of pyridine rings is 2. The van der Waals surface area contributed by atoms with Crippen molar-refractivity contribution in [2.75, 3.05) is 31.1 Å². The van der Waals surface area contributed by atoms with Crippen molar-refractivity contribution in [3.63, 3.8) is 0 Å². The molecule has 200 valence electrons. The summed E-state index contributed by atoms with van der Waals surface area (Å²) in [4.78, 5) is 20.9. The minimum atomic E-state index is -0.237. The number of ketones is 1. The van der Waals surface area contributed by atoms with E-state index < -0.39 is 0 Å². The number of nitrogens with one attached hydrogen (secondary N) is 1. The number of anilines is 1. The summed E-state index contributed by atoms with van der Waals surface area (Å²) in [6.07, 6.45) is 10.6. The third-order valence-corrected chi connectivity index (χ3v) is 5.66. The molecule has 0 aromatic carbocycles. The maximum absolute atomic E-state index is 13.2. The maximum atomic E-state index is 13.2. The molecule has 0 radical (unpaired) electrons. The van der Waals surface area contributed by atoms with E-state index in [0.717, 1.165) is 64.0 Å². The van der Waals surface area contributed by atoms with Crippen LogP contribution >= 0.6 is 0 Å². The van der Waals surface area contributed by atoms with Gasteiger partial charge in [0.25, 0.3) is 0 Å². The smallest absolute Gasteiger partial charge is 0.144 e. The number of aryl methyl sites for hydroxylation is 2. The second-order valence-electron chi connectivity index (χ2n) is 9.17. The van der Waals surface area contributed by atoms with Crippen molar-refractivity contribution < 1.29 is 9.18 Å². The number of Topliss-reactive ketones (excluding diaryl/α,β-unsaturated/α-hetero) is 1. The van der Waals surface area contributed by atoms with E-state index in [2.05, 4.69) is 40.1 Å². The lowest BCUT2D eigenvalue weighted by Crippen LogP contribution is -2.44. The van der Waals surface area contributed by atoms with Gasteiger partial charge in [-0.1, -0.05) is 33.6 Å². The lowest BCUT2D eigenvalue weighted by molar-refractivity contribution is -0.117. The molecule has 3 rings (SSSR count). The van der Waals surface area contributed by atoms with Gasteiger partial charge in [-0.2, -0.15) is 0 Å². The summed E-state index contributed by atoms with van der Waals surface area (Å²) in [7, 11) is 0. The van der Waals surface area contributed by atoms with Crippen molar-refractivity contribution in [2.24, 2.45) is 5.73 Å². The van der Waals surface area contributed by atoms with Crippen LogP contribution in [-0.4, -0.2) is 41.9 Å². The van der Waals surface area contributed by atoms with Crippen molar-refractivity contribution >= 4 is 17.5 Å². The first-order valence-corrected chi connectivity index (χ1v) is 13.2. The Labute approximate surface area is 217 Å². The quantitative estimate of drug-likeness (QED) is 0.490. The van der Waals surface area contributed by atoms with E-state index in [1.165, 1.54) is 29.6 Å². The van der Waals surface area contributed by atoms with Crippen molar-refractivity contribution in [2.45, 2.75) is 80.1 Å². The zero-order valence-electron chi connectivity index (χ0n) is 23.2. The number of nitrogens with two attached hydrogens (primary N) is 1. The molecule has 0 bridgehead atoms. The van der Waals surface area contributed by atoms with Gasteiger partial charge in [-0.3, -0.25) is 9.97 Å². The van der Waals surface area contributed by atoms with Gasteiger partial charge in [-0.05, 0) is 69.4 Å². The van der Waals surface area contributed by atoms with Gasteiger partial charge in [-0.25, -0.2) is 4.39 Å². The van der Waals surface area contributed by atoms with Gasteiger partial charge >= 0.3 is 0 Å². The molecule has 7 heteroatoms. The minimum absolute atomic E-state index is 0.237. The van der Waals surface area contributed by atoms with E-state index in [4.69, 9.17) is 5.73 Å². The monoisotopic (exact) mass is 499 g/mol. The number of nitrogens with zero attached hydrogens (tertiary/aromatic N) is 3. The van der Waals surface area contributed by atoms with Crippen LogP contribution in [0.25, 0.3) is 6.08 Å². The van der Waals surface area contributed by atoms with Crippen LogP contribution in [0.2, 0.25) is 0 Å². The highest BCUT2D eigenvalue weighted by molar-refractivity contribution is 5.75. The lowest BCUT2D eigenvalue weighted by Gasteiger charge is -2.31. The number of allylic oxidation sites excluding steroid dienone is 1. The Bertz CT molecular complexity index is 951. The summed E-state index contributed by atoms with van der Waals surface area (Å²) in [5, 5.41) is 3.39. The zero-order chi connectivity index (χ0) is 26.9. The topological polar surface area (TPSA) is 84.1 Å². The Morgan fingerprint density at radius 1 is 1.11 bits per heavy atom. The highest BCUT2D eigenvalue weighted by Crippen LogP contribution is 2.24. The van der Waals surface area contributed by atoms with Gasteiger partial charge < -0.3 is 20.7 Å². The number of aromatic nitrogens is 2. The van der Waals surface area contributed by atoms with Gasteiger partial charge in [0.15, 0.2) is 0 Å². The molecular weight excluding hydrogens is 453 g/mol. The molecule has 0 amide bonds. The van der Waals surface area contributed by atoms with Crippen LogP contribution in [0.15, 0.2) is 30.2 Å². The Kier molecular flexibility index (Phi) is 15.3. The molecule has 1 aliphatic rings. The third kappa shape index (κ3) is 11.8. The molecule has 0 unspecified atom stereocenters. The summed E-state index contributed by atoms with van der Waals surface area (Å²) >= 11 is 0. The predicted octanol–water partition coefficient (Wildman–Crippen LogP) is 5.62. The van der Waals surface area contributed by atoms with Crippen molar-refractivity contribution in [3.8, 4) is 0 Å². The summed E-state index contributed by atoms with van der Waals surface area (Å²) in [5.74, 6) is 0.0520. The number of rotatable bonds is 8. The Morgan fingerprint density at radius 2 is 1.78 bits per heavy atom. The molecule has 1 saturated heterocycles. The summed E-state index contributed by atoms with van der Waals surface area (Å²) < 4.78 is 13.2. The summed E-state index contributed by atoms with van der Waals surface area (Å²) in [5.41, 5.74) is 11.6. The average molecular weight is 500 g/mol. The zero-order valence-corrected chi connectivity index (χ0v) is 23.2. The highest BCUT2D eigenvalue weighted by atomic mass is 19.1. The first-order valence-electron chi connectivity index (χ1n) is 13.2. The van der Waals surface area contributed by atoms with Crippen LogP contribution in [-0.2, 0) is 17.6 Å². The van der Waals surface area contributed by atoms with E-state index in [0.29, 0.717) is 11.3 Å². The van der Waals surface area contributed by atoms with Crippen LogP contribution < -0.4 is 16.0 Å². The van der Waals surface area contributed by atoms with Crippen LogP contribution in [0.1, 0.15) is 82.8 Å². The molecule has 0 saturated carbocycles. The Morgan fingerprint density at radius 3 is 2.31 bits per heavy atom. The van der Waals surface area contributed by atoms with E-state index in [-0.39, 0.29) is 11.6 Å². The molecule has 36 heavy (non-hydrogen) atoms. The Balaban J connectivity index is 0.000000298.